The van der Waals surface area contributed by atoms with E-state index in [1.807, 2.05) is 0 Å². The van der Waals surface area contributed by atoms with Gasteiger partial charge in [-0.15, -0.1) is 0 Å². The second-order valence-corrected chi connectivity index (χ2v) is 10.6. The molecule has 0 aromatic heterocycles. The molecule has 0 amide bonds. The summed E-state index contributed by atoms with van der Waals surface area (Å²) in [4.78, 5) is 23.2. The number of allylic oxidation sites excluding steroid dienone is 8. The molecule has 1 N–H and O–H groups in total. The Hall–Kier alpha value is -2.10. The SMILES string of the molecule is CCCCC/C=C\C/C=C\C/C=C\C/C=C\CCCC(=O)OC(CCCCCCCCCC)CCCC(=O)O. The number of hydrogen-bond acceptors (Lipinski definition) is 3. The second-order valence-electron chi connectivity index (χ2n) is 10.6. The lowest BCUT2D eigenvalue weighted by atomic mass is 10.0. The van der Waals surface area contributed by atoms with Gasteiger partial charge < -0.3 is 9.84 Å². The molecular formula is C35H60O4. The van der Waals surface area contributed by atoms with Gasteiger partial charge in [0.2, 0.25) is 0 Å². The molecule has 0 aliphatic carbocycles. The van der Waals surface area contributed by atoms with E-state index in [-0.39, 0.29) is 18.5 Å². The first-order valence-electron chi connectivity index (χ1n) is 16.1. The van der Waals surface area contributed by atoms with Gasteiger partial charge in [0.25, 0.3) is 0 Å². The van der Waals surface area contributed by atoms with Crippen molar-refractivity contribution in [2.24, 2.45) is 0 Å². The highest BCUT2D eigenvalue weighted by molar-refractivity contribution is 5.69. The largest absolute Gasteiger partial charge is 0.481 e. The molecule has 0 spiro atoms. The van der Waals surface area contributed by atoms with E-state index in [4.69, 9.17) is 9.84 Å². The third-order valence-electron chi connectivity index (χ3n) is 6.80. The van der Waals surface area contributed by atoms with Crippen LogP contribution in [0, 0.1) is 0 Å². The van der Waals surface area contributed by atoms with Crippen LogP contribution in [0.2, 0.25) is 0 Å². The Labute approximate surface area is 241 Å². The van der Waals surface area contributed by atoms with Crippen molar-refractivity contribution < 1.29 is 19.4 Å². The topological polar surface area (TPSA) is 63.6 Å². The van der Waals surface area contributed by atoms with Gasteiger partial charge in [0, 0.05) is 12.8 Å². The van der Waals surface area contributed by atoms with E-state index in [1.165, 1.54) is 64.2 Å². The molecule has 0 aliphatic rings. The van der Waals surface area contributed by atoms with Crippen molar-refractivity contribution >= 4 is 11.9 Å². The van der Waals surface area contributed by atoms with E-state index in [9.17, 15) is 9.59 Å². The van der Waals surface area contributed by atoms with Crippen molar-refractivity contribution in [1.29, 1.82) is 0 Å². The first kappa shape index (κ1) is 36.9. The number of carbonyl (C=O) groups excluding carboxylic acids is 1. The van der Waals surface area contributed by atoms with Gasteiger partial charge in [-0.3, -0.25) is 9.59 Å². The summed E-state index contributed by atoms with van der Waals surface area (Å²) in [5.41, 5.74) is 0. The van der Waals surface area contributed by atoms with Crippen LogP contribution in [-0.2, 0) is 14.3 Å². The molecule has 0 bridgehead atoms. The van der Waals surface area contributed by atoms with Crippen LogP contribution in [0.1, 0.15) is 155 Å². The standard InChI is InChI=1S/C35H60O4/c1-3-5-7-9-11-13-14-15-16-17-18-19-20-21-23-25-27-32-35(38)39-33(30-28-31-34(36)37)29-26-24-22-12-10-8-6-4-2/h11,13,15-16,18-19,21,23,33H,3-10,12,14,17,20,22,24-32H2,1-2H3,(H,36,37)/b13-11-,16-15-,19-18-,23-21-. The van der Waals surface area contributed by atoms with Gasteiger partial charge in [0.05, 0.1) is 0 Å². The fourth-order valence-electron chi connectivity index (χ4n) is 4.42. The molecule has 0 fully saturated rings. The number of hydrogen-bond donors (Lipinski definition) is 1. The van der Waals surface area contributed by atoms with Crippen molar-refractivity contribution in [2.75, 3.05) is 0 Å². The predicted octanol–water partition coefficient (Wildman–Crippen LogP) is 10.8. The average molecular weight is 545 g/mol. The van der Waals surface area contributed by atoms with Crippen LogP contribution < -0.4 is 0 Å². The maximum atomic E-state index is 12.4. The van der Waals surface area contributed by atoms with E-state index >= 15 is 0 Å². The van der Waals surface area contributed by atoms with Crippen molar-refractivity contribution in [3.8, 4) is 0 Å². The van der Waals surface area contributed by atoms with Gasteiger partial charge in [-0.25, -0.2) is 0 Å². The minimum atomic E-state index is -0.786. The van der Waals surface area contributed by atoms with E-state index in [1.54, 1.807) is 0 Å². The van der Waals surface area contributed by atoms with E-state index in [0.29, 0.717) is 19.3 Å². The fraction of sp³-hybridized carbons (Fsp3) is 0.714. The van der Waals surface area contributed by atoms with E-state index in [0.717, 1.165) is 51.4 Å². The number of carboxylic acids is 1. The van der Waals surface area contributed by atoms with Crippen molar-refractivity contribution in [1.82, 2.24) is 0 Å². The normalized spacial score (nSPS) is 12.9. The number of ether oxygens (including phenoxy) is 1. The first-order chi connectivity index (χ1) is 19.1. The molecule has 0 aliphatic heterocycles. The minimum Gasteiger partial charge on any atom is -0.481 e. The summed E-state index contributed by atoms with van der Waals surface area (Å²) in [5, 5.41) is 8.93. The molecular weight excluding hydrogens is 484 g/mol. The summed E-state index contributed by atoms with van der Waals surface area (Å²) < 4.78 is 5.74. The van der Waals surface area contributed by atoms with Gasteiger partial charge >= 0.3 is 11.9 Å². The second kappa shape index (κ2) is 30.4. The Morgan fingerprint density at radius 3 is 1.59 bits per heavy atom. The summed E-state index contributed by atoms with van der Waals surface area (Å²) in [6, 6.07) is 0. The summed E-state index contributed by atoms with van der Waals surface area (Å²) >= 11 is 0. The van der Waals surface area contributed by atoms with Crippen LogP contribution in [-0.4, -0.2) is 23.1 Å². The van der Waals surface area contributed by atoms with Crippen molar-refractivity contribution in [3.63, 3.8) is 0 Å². The highest BCUT2D eigenvalue weighted by Gasteiger charge is 2.14. The molecule has 0 aromatic rings. The molecule has 0 saturated carbocycles. The molecule has 4 heteroatoms. The molecule has 0 saturated heterocycles. The Morgan fingerprint density at radius 2 is 1.03 bits per heavy atom. The average Bonchev–Trinajstić information content (AvgIpc) is 2.91. The molecule has 0 aromatic carbocycles. The Morgan fingerprint density at radius 1 is 0.564 bits per heavy atom. The highest BCUT2D eigenvalue weighted by Crippen LogP contribution is 2.17. The van der Waals surface area contributed by atoms with Gasteiger partial charge in [-0.2, -0.15) is 0 Å². The van der Waals surface area contributed by atoms with Gasteiger partial charge in [-0.1, -0.05) is 120 Å². The molecule has 39 heavy (non-hydrogen) atoms. The van der Waals surface area contributed by atoms with Crippen LogP contribution >= 0.6 is 0 Å². The number of aliphatic carboxylic acids is 1. The molecule has 1 unspecified atom stereocenters. The smallest absolute Gasteiger partial charge is 0.306 e. The van der Waals surface area contributed by atoms with Gasteiger partial charge in [-0.05, 0) is 70.6 Å². The third-order valence-corrected chi connectivity index (χ3v) is 6.80. The Kier molecular flexibility index (Phi) is 28.8. The first-order valence-corrected chi connectivity index (χ1v) is 16.1. The number of carbonyl (C=O) groups is 2. The van der Waals surface area contributed by atoms with Crippen LogP contribution in [0.5, 0.6) is 0 Å². The Bertz CT molecular complexity index is 674. The quantitative estimate of drug-likeness (QED) is 0.0604. The number of carboxylic acid groups (broad SMARTS) is 1. The van der Waals surface area contributed by atoms with E-state index < -0.39 is 5.97 Å². The molecule has 224 valence electrons. The van der Waals surface area contributed by atoms with E-state index in [2.05, 4.69) is 62.5 Å². The maximum Gasteiger partial charge on any atom is 0.306 e. The molecule has 0 rings (SSSR count). The number of unbranched alkanes of at least 4 members (excludes halogenated alkanes) is 11. The van der Waals surface area contributed by atoms with Crippen LogP contribution in [0.4, 0.5) is 0 Å². The molecule has 0 radical (unpaired) electrons. The van der Waals surface area contributed by atoms with Crippen molar-refractivity contribution in [2.45, 2.75) is 161 Å². The van der Waals surface area contributed by atoms with Crippen LogP contribution in [0.3, 0.4) is 0 Å². The number of esters is 1. The summed E-state index contributed by atoms with van der Waals surface area (Å²) in [7, 11) is 0. The van der Waals surface area contributed by atoms with Crippen molar-refractivity contribution in [3.05, 3.63) is 48.6 Å². The lowest BCUT2D eigenvalue weighted by Gasteiger charge is -2.17. The molecule has 1 atom stereocenters. The van der Waals surface area contributed by atoms with Crippen LogP contribution in [0.25, 0.3) is 0 Å². The minimum absolute atomic E-state index is 0.136. The highest BCUT2D eigenvalue weighted by atomic mass is 16.5. The van der Waals surface area contributed by atoms with Gasteiger partial charge in [0.1, 0.15) is 6.10 Å². The number of rotatable bonds is 28. The zero-order valence-corrected chi connectivity index (χ0v) is 25.4. The monoisotopic (exact) mass is 544 g/mol. The fourth-order valence-corrected chi connectivity index (χ4v) is 4.42. The van der Waals surface area contributed by atoms with Crippen LogP contribution in [0.15, 0.2) is 48.6 Å². The Balaban J connectivity index is 3.98. The van der Waals surface area contributed by atoms with Gasteiger partial charge in [0.15, 0.2) is 0 Å². The zero-order chi connectivity index (χ0) is 28.7. The lowest BCUT2D eigenvalue weighted by molar-refractivity contribution is -0.150. The molecule has 0 heterocycles. The maximum absolute atomic E-state index is 12.4. The summed E-state index contributed by atoms with van der Waals surface area (Å²) in [6.45, 7) is 4.47. The lowest BCUT2D eigenvalue weighted by Crippen LogP contribution is -2.18. The summed E-state index contributed by atoms with van der Waals surface area (Å²) in [6.07, 6.45) is 39.7. The zero-order valence-electron chi connectivity index (χ0n) is 25.4. The predicted molar refractivity (Wildman–Crippen MR) is 167 cm³/mol. The summed E-state index contributed by atoms with van der Waals surface area (Å²) in [5.74, 6) is -0.933. The third kappa shape index (κ3) is 30.3. The molecule has 4 nitrogen and oxygen atoms in total.